The zero-order chi connectivity index (χ0) is 54.4. The van der Waals surface area contributed by atoms with Gasteiger partial charge in [0.15, 0.2) is 12.6 Å². The van der Waals surface area contributed by atoms with Crippen LogP contribution in [-0.2, 0) is 52.3 Å². The van der Waals surface area contributed by atoms with E-state index in [2.05, 4.69) is 90.1 Å². The van der Waals surface area contributed by atoms with Crippen LogP contribution in [-0.4, -0.2) is 148 Å². The van der Waals surface area contributed by atoms with Gasteiger partial charge in [0.1, 0.15) is 19.5 Å². The summed E-state index contributed by atoms with van der Waals surface area (Å²) in [6, 6.07) is 0. The Hall–Kier alpha value is 0.900. The summed E-state index contributed by atoms with van der Waals surface area (Å²) < 4.78 is 49.8. The second kappa shape index (κ2) is 103. The van der Waals surface area contributed by atoms with Gasteiger partial charge in [-0.3, -0.25) is 0 Å². The number of oxime groups is 2. The number of nitrogens with two attached hydrogens (primary N) is 1. The summed E-state index contributed by atoms with van der Waals surface area (Å²) in [5.41, 5.74) is 1.10. The number of ether oxygens (including phenoxy) is 8. The predicted molar refractivity (Wildman–Crippen MR) is 304 cm³/mol. The Morgan fingerprint density at radius 2 is 1.19 bits per heavy atom. The van der Waals surface area contributed by atoms with Gasteiger partial charge in [0.05, 0.1) is 67.6 Å². The predicted octanol–water partition coefficient (Wildman–Crippen LogP) is -1.02. The number of fused-ring (bicyclic) bond motifs is 1. The van der Waals surface area contributed by atoms with Gasteiger partial charge in [-0.25, -0.2) is 17.8 Å². The molecule has 1 saturated heterocycles. The maximum atomic E-state index is 9.76. The van der Waals surface area contributed by atoms with Gasteiger partial charge >= 0.3 is 88.7 Å². The van der Waals surface area contributed by atoms with Crippen molar-refractivity contribution in [1.29, 1.82) is 0 Å². The quantitative estimate of drug-likeness (QED) is 0.00772. The van der Waals surface area contributed by atoms with Gasteiger partial charge in [-0.05, 0) is 101 Å². The van der Waals surface area contributed by atoms with Crippen molar-refractivity contribution >= 4 is 86.7 Å². The largest absolute Gasteiger partial charge is 1.00 e. The number of carboxylic acid groups (broad SMARTS) is 1. The fraction of sp³-hybridized carbons (Fsp3) is 0.708. The van der Waals surface area contributed by atoms with Gasteiger partial charge in [0.2, 0.25) is 0 Å². The first-order chi connectivity index (χ1) is 32.6. The van der Waals surface area contributed by atoms with E-state index in [4.69, 9.17) is 72.8 Å². The molecule has 7 atom stereocenters. The fourth-order valence-electron chi connectivity index (χ4n) is 4.29. The molecule has 2 rings (SSSR count). The van der Waals surface area contributed by atoms with Crippen LogP contribution in [0.5, 0.6) is 0 Å². The number of carbonyl (C=O) groups is 2. The molecule has 0 saturated carbocycles. The second-order valence-electron chi connectivity index (χ2n) is 13.1. The molecule has 5 N–H and O–H groups in total. The van der Waals surface area contributed by atoms with Gasteiger partial charge in [-0.15, -0.1) is 64.0 Å². The number of aliphatic hydroxyl groups excluding tert-OH is 1. The first-order valence-corrected chi connectivity index (χ1v) is 23.3. The number of aliphatic carboxylic acids is 1. The van der Waals surface area contributed by atoms with Gasteiger partial charge in [0.25, 0.3) is 0 Å². The Bertz CT molecular complexity index is 1170. The third-order valence-corrected chi connectivity index (χ3v) is 7.63. The van der Waals surface area contributed by atoms with Crippen LogP contribution >= 0.6 is 62.5 Å². The molecular weight excluding hydrogens is 1160 g/mol. The normalized spacial score (nSPS) is 13.8. The third kappa shape index (κ3) is 111. The zero-order valence-electron chi connectivity index (χ0n) is 48.1. The number of carbonyl (C=O) groups excluding carboxylic acids is 2. The summed E-state index contributed by atoms with van der Waals surface area (Å²) in [6.45, 7) is 37.8. The molecule has 2 aliphatic rings. The van der Waals surface area contributed by atoms with E-state index in [0.29, 0.717) is 64.7 Å². The number of carboxylic acids is 1. The SMILES string of the molecule is C.C#C.C=CC[C@H](C)O.C=CC[C@H](C)OC/C=N/O.C=CC[C@H](C)OCC(OCC)OCC.C=CC[C@H](C)OCC=O.CC(=O)[O-].CCOC(CBr)OCC.C[C@H]1C[C@H]2CON=C2CO1.Cl.Cl.NO.P.[H-].[Na+].[Na+].[Na+].[O-]Cl. The van der Waals surface area contributed by atoms with Crippen molar-refractivity contribution in [2.75, 3.05) is 64.8 Å². The third-order valence-electron chi connectivity index (χ3n) is 7.10. The van der Waals surface area contributed by atoms with Gasteiger partial charge < -0.3 is 79.0 Å². The molecule has 0 spiro atoms. The number of halogens is 4. The number of terminal acetylenes is 1. The molecule has 0 bridgehead atoms. The number of rotatable bonds is 26. The summed E-state index contributed by atoms with van der Waals surface area (Å²) in [6.07, 6.45) is 21.7. The van der Waals surface area contributed by atoms with E-state index in [-0.39, 0.29) is 176 Å². The fourth-order valence-corrected chi connectivity index (χ4v) is 4.66. The molecule has 0 aromatic rings. The molecule has 1 fully saturated rings. The Morgan fingerprint density at radius 3 is 1.49 bits per heavy atom. The molecule has 2 aliphatic heterocycles. The van der Waals surface area contributed by atoms with Gasteiger partial charge in [0, 0.05) is 38.3 Å². The van der Waals surface area contributed by atoms with E-state index in [1.54, 1.807) is 25.2 Å². The molecule has 438 valence electrons. The molecule has 2 heterocycles. The van der Waals surface area contributed by atoms with Crippen molar-refractivity contribution in [1.82, 2.24) is 0 Å². The number of aldehydes is 1. The van der Waals surface area contributed by atoms with Crippen LogP contribution in [0.25, 0.3) is 0 Å². The number of alkyl halides is 1. The van der Waals surface area contributed by atoms with Crippen LogP contribution in [0.2, 0.25) is 0 Å². The monoisotopic (exact) mass is 1260 g/mol. The van der Waals surface area contributed by atoms with Crippen LogP contribution in [0.1, 0.15) is 110 Å². The number of aliphatic hydroxyl groups is 1. The topological polar surface area (TPSA) is 275 Å². The Kier molecular flexibility index (Phi) is 158. The summed E-state index contributed by atoms with van der Waals surface area (Å²) >= 11 is 6.66. The van der Waals surface area contributed by atoms with E-state index in [9.17, 15) is 4.79 Å². The van der Waals surface area contributed by atoms with Crippen LogP contribution in [0.4, 0.5) is 0 Å². The van der Waals surface area contributed by atoms with Crippen LogP contribution in [0.15, 0.2) is 60.9 Å². The minimum Gasteiger partial charge on any atom is -1.00 e. The van der Waals surface area contributed by atoms with Crippen LogP contribution in [0.3, 0.4) is 0 Å². The molecule has 75 heavy (non-hydrogen) atoms. The molecule has 0 amide bonds. The Labute approximate surface area is 551 Å². The maximum absolute atomic E-state index is 9.76. The minimum atomic E-state index is -1.08. The minimum absolute atomic E-state index is 0. The smallest absolute Gasteiger partial charge is 1.00 e. The van der Waals surface area contributed by atoms with E-state index < -0.39 is 5.97 Å². The molecule has 0 aliphatic carbocycles. The standard InChI is InChI=1S/C11H22O3.C7H11NO2.C7H13NO2.C7H12O2.C6H13BrO2.C5H10O.C2H4O2.C2H2.CH4.ClO.2ClH.H3NO.3Na.H3P.H/c1-5-8-10(4)14-9-11(12-6-2)13-7-3;1-5-2-6-3-10-8-7(6)4-9-5;1-3-4-7(2)10-6-5-8-9;1-3-4-7(2)9-6-5-8;1-3-8-6(5-7)9-4-2;1-3-4-5(2)6;1-2(3)4;1-2;;1-2;;;1-2;;;;;/h5,10-11H,1,6-9H2,2-4H3;5-6H,2-4H2,1H3;3,5,7,9H,1,4,6H2,2H3;3,5,7H,1,4,6H2,2H3;6H,3-5H2,1-2H3;3,5-6H,1,4H2,2H3;1H3,(H,3,4);1-2H;1H4;;2*1H;2H,1H2;;;;1H3;/q;;;;;;;;;-1;;;;3*+1;;-1/p-1/b;;8-5+;;;;;;;;;;;;;;;/t10-;5-,6-;2*7-;;5-;;;;;;;;;;;;/m0000.0............/s1. The average molecular weight is 1260 g/mol. The molecule has 27 heteroatoms. The van der Waals surface area contributed by atoms with E-state index >= 15 is 0 Å². The zero-order valence-corrected chi connectivity index (χ0v) is 58.5. The molecule has 0 radical (unpaired) electrons. The summed E-state index contributed by atoms with van der Waals surface area (Å²) in [4.78, 5) is 23.6. The van der Waals surface area contributed by atoms with Crippen molar-refractivity contribution in [3.63, 3.8) is 0 Å². The van der Waals surface area contributed by atoms with E-state index in [0.717, 1.165) is 56.5 Å². The van der Waals surface area contributed by atoms with Crippen molar-refractivity contribution in [2.45, 2.75) is 152 Å². The van der Waals surface area contributed by atoms with Crippen molar-refractivity contribution in [3.8, 4) is 12.8 Å². The molecule has 19 nitrogen and oxygen atoms in total. The summed E-state index contributed by atoms with van der Waals surface area (Å²) in [5, 5.41) is 39.3. The molecule has 0 aromatic carbocycles. The van der Waals surface area contributed by atoms with Crippen molar-refractivity contribution in [2.24, 2.45) is 22.1 Å². The first kappa shape index (κ1) is 115. The Balaban J connectivity index is -0.0000000388. The van der Waals surface area contributed by atoms with Gasteiger partial charge in [-0.2, -0.15) is 9.90 Å². The van der Waals surface area contributed by atoms with E-state index in [1.165, 1.54) is 6.21 Å². The average Bonchev–Trinajstić information content (AvgIpc) is 3.79. The van der Waals surface area contributed by atoms with Crippen LogP contribution < -0.4 is 104 Å². The molecule has 1 unspecified atom stereocenters. The van der Waals surface area contributed by atoms with Crippen molar-refractivity contribution in [3.05, 3.63) is 50.6 Å². The molecular formula is C48H99BrCl3N3Na3O16P. The van der Waals surface area contributed by atoms with Crippen LogP contribution in [0, 0.1) is 18.8 Å². The summed E-state index contributed by atoms with van der Waals surface area (Å²) in [5.74, 6) is 2.96. The summed E-state index contributed by atoms with van der Waals surface area (Å²) in [7, 11) is 0. The number of hydrogen-bond donors (Lipinski definition) is 4. The van der Waals surface area contributed by atoms with Gasteiger partial charge in [-0.1, -0.05) is 58.0 Å². The number of hydrogen-bond acceptors (Lipinski definition) is 19. The Morgan fingerprint density at radius 1 is 0.827 bits per heavy atom. The number of nitrogens with zero attached hydrogens (tertiary/aromatic N) is 2. The first-order valence-electron chi connectivity index (χ1n) is 21.9. The molecule has 0 aromatic heterocycles. The van der Waals surface area contributed by atoms with E-state index in [1.807, 2.05) is 54.5 Å². The van der Waals surface area contributed by atoms with Crippen molar-refractivity contribution < 1.29 is 168 Å². The second-order valence-corrected chi connectivity index (χ2v) is 13.7. The maximum Gasteiger partial charge on any atom is 1.00 e.